The lowest BCUT2D eigenvalue weighted by atomic mass is 9.99. The first kappa shape index (κ1) is 12.4. The summed E-state index contributed by atoms with van der Waals surface area (Å²) in [5, 5.41) is 8.21. The highest BCUT2D eigenvalue weighted by Gasteiger charge is 2.17. The van der Waals surface area contributed by atoms with Crippen molar-refractivity contribution in [3.63, 3.8) is 0 Å². The lowest BCUT2D eigenvalue weighted by Gasteiger charge is -2.20. The summed E-state index contributed by atoms with van der Waals surface area (Å²) in [6, 6.07) is 6.58. The Morgan fingerprint density at radius 1 is 1.32 bits per heavy atom. The number of rotatable bonds is 2. The van der Waals surface area contributed by atoms with Crippen LogP contribution < -0.4 is 5.32 Å². The van der Waals surface area contributed by atoms with Gasteiger partial charge in [0.2, 0.25) is 0 Å². The van der Waals surface area contributed by atoms with Crippen molar-refractivity contribution in [2.24, 2.45) is 0 Å². The Labute approximate surface area is 114 Å². The Kier molecular flexibility index (Phi) is 3.15. The van der Waals surface area contributed by atoms with Gasteiger partial charge in [-0.05, 0) is 56.0 Å². The molecule has 0 radical (unpaired) electrons. The van der Waals surface area contributed by atoms with Crippen molar-refractivity contribution < 1.29 is 0 Å². The summed E-state index contributed by atoms with van der Waals surface area (Å²) in [5.74, 6) is 0. The number of hydrogen-bond donors (Lipinski definition) is 1. The van der Waals surface area contributed by atoms with Gasteiger partial charge < -0.3 is 5.32 Å². The second kappa shape index (κ2) is 4.82. The lowest BCUT2D eigenvalue weighted by molar-refractivity contribution is 0.635. The Bertz CT molecular complexity index is 611. The predicted octanol–water partition coefficient (Wildman–Crippen LogP) is 2.70. The van der Waals surface area contributed by atoms with Gasteiger partial charge in [0, 0.05) is 12.2 Å². The molecule has 0 saturated heterocycles. The van der Waals surface area contributed by atoms with Crippen LogP contribution in [0.25, 0.3) is 5.69 Å². The molecule has 1 aliphatic heterocycles. The first-order valence-electron chi connectivity index (χ1n) is 7.09. The van der Waals surface area contributed by atoms with Crippen molar-refractivity contribution >= 4 is 0 Å². The highest BCUT2D eigenvalue weighted by molar-refractivity contribution is 5.48. The molecule has 3 rings (SSSR count). The van der Waals surface area contributed by atoms with E-state index in [4.69, 9.17) is 5.10 Å². The number of nitrogens with zero attached hydrogens (tertiary/aromatic N) is 2. The molecule has 3 heteroatoms. The van der Waals surface area contributed by atoms with Gasteiger partial charge >= 0.3 is 0 Å². The minimum absolute atomic E-state index is 0.950. The van der Waals surface area contributed by atoms with Crippen LogP contribution in [0, 0.1) is 13.8 Å². The third-order valence-corrected chi connectivity index (χ3v) is 4.14. The molecule has 3 nitrogen and oxygen atoms in total. The molecule has 0 atom stereocenters. The van der Waals surface area contributed by atoms with Crippen molar-refractivity contribution in [2.45, 2.75) is 40.2 Å². The number of aromatic nitrogens is 2. The van der Waals surface area contributed by atoms with Crippen LogP contribution in [-0.4, -0.2) is 16.3 Å². The Morgan fingerprint density at radius 2 is 2.16 bits per heavy atom. The van der Waals surface area contributed by atoms with Crippen LogP contribution in [0.15, 0.2) is 18.2 Å². The van der Waals surface area contributed by atoms with E-state index in [0.29, 0.717) is 0 Å². The van der Waals surface area contributed by atoms with Crippen molar-refractivity contribution in [3.05, 3.63) is 46.3 Å². The molecule has 0 aliphatic carbocycles. The molecule has 0 fully saturated rings. The van der Waals surface area contributed by atoms with E-state index in [1.165, 1.54) is 28.1 Å². The molecule has 0 bridgehead atoms. The molecule has 0 saturated carbocycles. The number of hydrogen-bond acceptors (Lipinski definition) is 2. The van der Waals surface area contributed by atoms with Crippen molar-refractivity contribution in [3.8, 4) is 5.69 Å². The zero-order valence-electron chi connectivity index (χ0n) is 12.0. The van der Waals surface area contributed by atoms with E-state index >= 15 is 0 Å². The second-order valence-corrected chi connectivity index (χ2v) is 5.26. The largest absolute Gasteiger partial charge is 0.312 e. The first-order valence-corrected chi connectivity index (χ1v) is 7.09. The number of nitrogens with one attached hydrogen (secondary N) is 1. The van der Waals surface area contributed by atoms with Crippen LogP contribution in [-0.2, 0) is 19.4 Å². The van der Waals surface area contributed by atoms with Gasteiger partial charge in [0.15, 0.2) is 0 Å². The van der Waals surface area contributed by atoms with Gasteiger partial charge in [-0.15, -0.1) is 0 Å². The van der Waals surface area contributed by atoms with E-state index in [1.54, 1.807) is 0 Å². The standard InChI is InChI=1S/C16H21N3/c1-4-14-11(2)18-19(12(14)3)16-7-5-6-13-8-9-17-10-15(13)16/h5-7,17H,4,8-10H2,1-3H3. The van der Waals surface area contributed by atoms with E-state index in [-0.39, 0.29) is 0 Å². The van der Waals surface area contributed by atoms with Crippen LogP contribution in [0.5, 0.6) is 0 Å². The Balaban J connectivity index is 2.17. The minimum atomic E-state index is 0.950. The second-order valence-electron chi connectivity index (χ2n) is 5.26. The first-order chi connectivity index (χ1) is 9.22. The third-order valence-electron chi connectivity index (χ3n) is 4.14. The minimum Gasteiger partial charge on any atom is -0.312 e. The summed E-state index contributed by atoms with van der Waals surface area (Å²) < 4.78 is 2.12. The fourth-order valence-corrected chi connectivity index (χ4v) is 3.12. The smallest absolute Gasteiger partial charge is 0.0696 e. The van der Waals surface area contributed by atoms with Gasteiger partial charge in [0.1, 0.15) is 0 Å². The quantitative estimate of drug-likeness (QED) is 0.894. The highest BCUT2D eigenvalue weighted by atomic mass is 15.3. The zero-order chi connectivity index (χ0) is 13.4. The van der Waals surface area contributed by atoms with Crippen molar-refractivity contribution in [1.82, 2.24) is 15.1 Å². The molecule has 2 aromatic rings. The summed E-state index contributed by atoms with van der Waals surface area (Å²) in [6.45, 7) is 8.51. The maximum atomic E-state index is 4.75. The fourth-order valence-electron chi connectivity index (χ4n) is 3.12. The maximum absolute atomic E-state index is 4.75. The molecule has 1 N–H and O–H groups in total. The maximum Gasteiger partial charge on any atom is 0.0696 e. The summed E-state index contributed by atoms with van der Waals surface area (Å²) in [5.41, 5.74) is 7.91. The molecule has 1 aromatic carbocycles. The van der Waals surface area contributed by atoms with Gasteiger partial charge in [-0.3, -0.25) is 0 Å². The van der Waals surface area contributed by atoms with E-state index in [0.717, 1.165) is 31.6 Å². The molecular weight excluding hydrogens is 234 g/mol. The summed E-state index contributed by atoms with van der Waals surface area (Å²) in [7, 11) is 0. The van der Waals surface area contributed by atoms with Crippen LogP contribution in [0.4, 0.5) is 0 Å². The third kappa shape index (κ3) is 1.98. The molecule has 1 aromatic heterocycles. The molecule has 0 unspecified atom stereocenters. The monoisotopic (exact) mass is 255 g/mol. The van der Waals surface area contributed by atoms with Crippen LogP contribution in [0.3, 0.4) is 0 Å². The topological polar surface area (TPSA) is 29.9 Å². The van der Waals surface area contributed by atoms with Crippen LogP contribution >= 0.6 is 0 Å². The molecular formula is C16H21N3. The van der Waals surface area contributed by atoms with Gasteiger partial charge in [-0.1, -0.05) is 19.1 Å². The highest BCUT2D eigenvalue weighted by Crippen LogP contribution is 2.25. The van der Waals surface area contributed by atoms with E-state index < -0.39 is 0 Å². The van der Waals surface area contributed by atoms with Gasteiger partial charge in [0.05, 0.1) is 11.4 Å². The van der Waals surface area contributed by atoms with Crippen LogP contribution in [0.1, 0.15) is 35.0 Å². The zero-order valence-corrected chi connectivity index (χ0v) is 12.0. The van der Waals surface area contributed by atoms with E-state index in [9.17, 15) is 0 Å². The number of fused-ring (bicyclic) bond motifs is 1. The predicted molar refractivity (Wildman–Crippen MR) is 77.8 cm³/mol. The van der Waals surface area contributed by atoms with Crippen molar-refractivity contribution in [1.29, 1.82) is 0 Å². The molecule has 19 heavy (non-hydrogen) atoms. The molecule has 1 aliphatic rings. The molecule has 2 heterocycles. The average molecular weight is 255 g/mol. The van der Waals surface area contributed by atoms with E-state index in [1.807, 2.05) is 0 Å². The van der Waals surface area contributed by atoms with Crippen molar-refractivity contribution in [2.75, 3.05) is 6.54 Å². The van der Waals surface area contributed by atoms with Gasteiger partial charge in [-0.25, -0.2) is 4.68 Å². The van der Waals surface area contributed by atoms with Crippen LogP contribution in [0.2, 0.25) is 0 Å². The Hall–Kier alpha value is -1.61. The average Bonchev–Trinajstić information content (AvgIpc) is 2.72. The summed E-state index contributed by atoms with van der Waals surface area (Å²) >= 11 is 0. The molecule has 0 spiro atoms. The number of aryl methyl sites for hydroxylation is 1. The Morgan fingerprint density at radius 3 is 2.89 bits per heavy atom. The summed E-state index contributed by atoms with van der Waals surface area (Å²) in [6.07, 6.45) is 2.16. The fraction of sp³-hybridized carbons (Fsp3) is 0.438. The normalized spacial score (nSPS) is 14.5. The number of benzene rings is 1. The molecule has 0 amide bonds. The molecule has 100 valence electrons. The van der Waals surface area contributed by atoms with Gasteiger partial charge in [0.25, 0.3) is 0 Å². The lowest BCUT2D eigenvalue weighted by Crippen LogP contribution is -2.25. The van der Waals surface area contributed by atoms with Gasteiger partial charge in [-0.2, -0.15) is 5.10 Å². The SMILES string of the molecule is CCc1c(C)nn(-c2cccc3c2CNCC3)c1C. The van der Waals surface area contributed by atoms with E-state index in [2.05, 4.69) is 49.0 Å². The summed E-state index contributed by atoms with van der Waals surface area (Å²) in [4.78, 5) is 0.